The van der Waals surface area contributed by atoms with E-state index >= 15 is 0 Å². The molecule has 0 aliphatic carbocycles. The number of halogens is 5. The van der Waals surface area contributed by atoms with Crippen LogP contribution >= 0.6 is 11.6 Å². The summed E-state index contributed by atoms with van der Waals surface area (Å²) in [5, 5.41) is 17.9. The summed E-state index contributed by atoms with van der Waals surface area (Å²) < 4.78 is 52.8. The number of likely N-dealkylation sites (tertiary alicyclic amines) is 1. The van der Waals surface area contributed by atoms with Crippen LogP contribution in [0, 0.1) is 23.3 Å². The number of nitrogens with one attached hydrogen (secondary N) is 4. The summed E-state index contributed by atoms with van der Waals surface area (Å²) in [6, 6.07) is 4.70. The van der Waals surface area contributed by atoms with E-state index in [0.717, 1.165) is 38.1 Å². The summed E-state index contributed by atoms with van der Waals surface area (Å²) in [6.45, 7) is 2.11. The summed E-state index contributed by atoms with van der Waals surface area (Å²) in [5.41, 5.74) is -0.131. The normalized spacial score (nSPS) is 13.9. The molecule has 0 spiro atoms. The fraction of sp³-hybridized carbons (Fsp3) is 0.304. The maximum absolute atomic E-state index is 13.6. The molecule has 9 nitrogen and oxygen atoms in total. The Bertz CT molecular complexity index is 1440. The summed E-state index contributed by atoms with van der Waals surface area (Å²) in [7, 11) is 0. The van der Waals surface area contributed by atoms with Crippen molar-refractivity contribution in [3.05, 3.63) is 47.5 Å². The molecule has 5 rings (SSSR count). The second-order valence-electron chi connectivity index (χ2n) is 8.28. The van der Waals surface area contributed by atoms with Gasteiger partial charge in [0.15, 0.2) is 34.9 Å². The number of nitrogens with zero attached hydrogens (tertiary/aromatic N) is 3. The lowest BCUT2D eigenvalue weighted by molar-refractivity contribution is -0.117. The minimum Gasteiger partial charge on any atom is -0.308 e. The van der Waals surface area contributed by atoms with Crippen molar-refractivity contribution in [1.82, 2.24) is 25.3 Å². The summed E-state index contributed by atoms with van der Waals surface area (Å²) in [4.78, 5) is 25.1. The van der Waals surface area contributed by atoms with Gasteiger partial charge in [-0.25, -0.2) is 17.6 Å². The average molecular weight is 540 g/mol. The number of fused-ring (bicyclic) bond motifs is 2. The van der Waals surface area contributed by atoms with Gasteiger partial charge in [-0.2, -0.15) is 10.2 Å². The highest BCUT2D eigenvalue weighted by atomic mass is 35.5. The van der Waals surface area contributed by atoms with Crippen LogP contribution in [0.3, 0.4) is 0 Å². The molecule has 0 atom stereocenters. The highest BCUT2D eigenvalue weighted by Crippen LogP contribution is 2.25. The number of anilines is 2. The van der Waals surface area contributed by atoms with E-state index in [1.54, 1.807) is 0 Å². The van der Waals surface area contributed by atoms with Gasteiger partial charge in [0, 0.05) is 10.8 Å². The molecular weight excluding hydrogens is 518 g/mol. The summed E-state index contributed by atoms with van der Waals surface area (Å²) in [5.74, 6) is -4.50. The third kappa shape index (κ3) is 6.00. The van der Waals surface area contributed by atoms with E-state index in [1.807, 2.05) is 0 Å². The number of aromatic nitrogens is 4. The highest BCUT2D eigenvalue weighted by molar-refractivity contribution is 6.29. The molecule has 0 bridgehead atoms. The molecule has 14 heteroatoms. The van der Waals surface area contributed by atoms with Gasteiger partial charge < -0.3 is 10.6 Å². The SMILES string of the molecule is O=C(CCl)Nc1n[nH]c2c(F)c(F)ccc12.O=C(CN1CCCCC1)Nc1n[nH]c2c(F)c(F)ccc12. The number of benzene rings is 2. The van der Waals surface area contributed by atoms with Crippen LogP contribution in [-0.2, 0) is 9.59 Å². The first-order valence-electron chi connectivity index (χ1n) is 11.3. The van der Waals surface area contributed by atoms with Crippen molar-refractivity contribution in [1.29, 1.82) is 0 Å². The molecule has 4 aromatic rings. The van der Waals surface area contributed by atoms with Crippen LogP contribution < -0.4 is 10.6 Å². The molecule has 2 aromatic carbocycles. The molecule has 4 N–H and O–H groups in total. The Balaban J connectivity index is 0.000000180. The third-order valence-corrected chi connectivity index (χ3v) is 5.95. The summed E-state index contributed by atoms with van der Waals surface area (Å²) >= 11 is 5.29. The molecule has 196 valence electrons. The van der Waals surface area contributed by atoms with Gasteiger partial charge in [-0.1, -0.05) is 6.42 Å². The van der Waals surface area contributed by atoms with Crippen LogP contribution in [0.4, 0.5) is 29.2 Å². The maximum atomic E-state index is 13.6. The fourth-order valence-electron chi connectivity index (χ4n) is 3.91. The number of aromatic amines is 2. The predicted octanol–water partition coefficient (Wildman–Crippen LogP) is 4.28. The Labute approximate surface area is 212 Å². The van der Waals surface area contributed by atoms with Crippen molar-refractivity contribution in [2.75, 3.05) is 36.1 Å². The average Bonchev–Trinajstić information content (AvgIpc) is 3.49. The predicted molar refractivity (Wildman–Crippen MR) is 130 cm³/mol. The largest absolute Gasteiger partial charge is 0.308 e. The van der Waals surface area contributed by atoms with Crippen LogP contribution in [0.15, 0.2) is 24.3 Å². The standard InChI is InChI=1S/C14H16F2N4O.C9H6ClF2N3O/c15-10-5-4-9-13(12(10)16)18-19-14(9)17-11(21)8-20-6-2-1-3-7-20;10-3-6(16)13-9-4-1-2-5(11)7(12)8(4)14-15-9/h4-5H,1-3,6-8H2,(H2,17,18,19,21);1-2H,3H2,(H2,13,14,15,16). The van der Waals surface area contributed by atoms with E-state index in [1.165, 1.54) is 18.6 Å². The van der Waals surface area contributed by atoms with E-state index in [2.05, 4.69) is 35.9 Å². The van der Waals surface area contributed by atoms with Crippen molar-refractivity contribution in [3.8, 4) is 0 Å². The number of amides is 2. The van der Waals surface area contributed by atoms with Gasteiger partial charge >= 0.3 is 0 Å². The number of H-pyrrole nitrogens is 2. The van der Waals surface area contributed by atoms with Crippen molar-refractivity contribution >= 4 is 56.9 Å². The van der Waals surface area contributed by atoms with E-state index < -0.39 is 29.2 Å². The smallest absolute Gasteiger partial charge is 0.240 e. The molecule has 3 heterocycles. The Hall–Kier alpha value is -3.71. The first kappa shape index (κ1) is 26.4. The molecule has 1 saturated heterocycles. The number of rotatable bonds is 5. The van der Waals surface area contributed by atoms with Gasteiger partial charge in [-0.3, -0.25) is 24.7 Å². The molecular formula is C23H22ClF4N7O2. The number of hydrogen-bond donors (Lipinski definition) is 4. The topological polar surface area (TPSA) is 119 Å². The minimum atomic E-state index is -1.03. The van der Waals surface area contributed by atoms with Gasteiger partial charge in [0.05, 0.1) is 6.54 Å². The molecule has 0 saturated carbocycles. The second-order valence-corrected chi connectivity index (χ2v) is 8.55. The van der Waals surface area contributed by atoms with Gasteiger partial charge in [-0.15, -0.1) is 11.6 Å². The lowest BCUT2D eigenvalue weighted by atomic mass is 10.1. The first-order valence-corrected chi connectivity index (χ1v) is 11.8. The zero-order valence-electron chi connectivity index (χ0n) is 19.3. The Morgan fingerprint density at radius 3 is 1.78 bits per heavy atom. The van der Waals surface area contributed by atoms with Crippen LogP contribution in [0.1, 0.15) is 19.3 Å². The van der Waals surface area contributed by atoms with E-state index in [4.69, 9.17) is 11.6 Å². The Morgan fingerprint density at radius 2 is 1.30 bits per heavy atom. The van der Waals surface area contributed by atoms with Crippen molar-refractivity contribution in [2.24, 2.45) is 0 Å². The molecule has 0 unspecified atom stereocenters. The second kappa shape index (κ2) is 11.6. The van der Waals surface area contributed by atoms with Crippen LogP contribution in [0.25, 0.3) is 21.8 Å². The van der Waals surface area contributed by atoms with Crippen molar-refractivity contribution in [3.63, 3.8) is 0 Å². The number of hydrogen-bond acceptors (Lipinski definition) is 5. The van der Waals surface area contributed by atoms with Crippen molar-refractivity contribution in [2.45, 2.75) is 19.3 Å². The van der Waals surface area contributed by atoms with Gasteiger partial charge in [-0.05, 0) is 50.2 Å². The highest BCUT2D eigenvalue weighted by Gasteiger charge is 2.18. The van der Waals surface area contributed by atoms with Gasteiger partial charge in [0.25, 0.3) is 0 Å². The molecule has 2 amide bonds. The Kier molecular flexibility index (Phi) is 8.24. The zero-order chi connectivity index (χ0) is 26.5. The van der Waals surface area contributed by atoms with Gasteiger partial charge in [0.2, 0.25) is 11.8 Å². The summed E-state index contributed by atoms with van der Waals surface area (Å²) in [6.07, 6.45) is 3.40. The quantitative estimate of drug-likeness (QED) is 0.223. The molecule has 0 radical (unpaired) electrons. The van der Waals surface area contributed by atoms with Crippen LogP contribution in [-0.4, -0.2) is 62.6 Å². The van der Waals surface area contributed by atoms with Crippen molar-refractivity contribution < 1.29 is 27.2 Å². The first-order chi connectivity index (χ1) is 17.8. The zero-order valence-corrected chi connectivity index (χ0v) is 20.1. The minimum absolute atomic E-state index is 0.0386. The van der Waals surface area contributed by atoms with E-state index in [-0.39, 0.29) is 46.4 Å². The molecule has 37 heavy (non-hydrogen) atoms. The number of alkyl halides is 1. The lowest BCUT2D eigenvalue weighted by Crippen LogP contribution is -2.36. The lowest BCUT2D eigenvalue weighted by Gasteiger charge is -2.25. The number of carbonyl (C=O) groups excluding carboxylic acids is 2. The molecule has 1 aliphatic heterocycles. The molecule has 1 aliphatic rings. The number of piperidine rings is 1. The van der Waals surface area contributed by atoms with Crippen LogP contribution in [0.2, 0.25) is 0 Å². The monoisotopic (exact) mass is 539 g/mol. The van der Waals surface area contributed by atoms with Gasteiger partial charge in [0.1, 0.15) is 16.9 Å². The van der Waals surface area contributed by atoms with E-state index in [9.17, 15) is 27.2 Å². The third-order valence-electron chi connectivity index (χ3n) is 5.71. The number of carbonyl (C=O) groups is 2. The molecule has 2 aromatic heterocycles. The molecule has 1 fully saturated rings. The van der Waals surface area contributed by atoms with Crippen LogP contribution in [0.5, 0.6) is 0 Å². The maximum Gasteiger partial charge on any atom is 0.240 e. The fourth-order valence-corrected chi connectivity index (χ4v) is 3.97. The van der Waals surface area contributed by atoms with E-state index in [0.29, 0.717) is 5.39 Å². The Morgan fingerprint density at radius 1 is 0.811 bits per heavy atom.